The molecule has 174 valence electrons. The van der Waals surface area contributed by atoms with Gasteiger partial charge in [-0.25, -0.2) is 0 Å². The molecule has 0 unspecified atom stereocenters. The lowest BCUT2D eigenvalue weighted by atomic mass is 10.0. The van der Waals surface area contributed by atoms with Gasteiger partial charge >= 0.3 is 0 Å². The Labute approximate surface area is 194 Å². The smallest absolute Gasteiger partial charge is 0.261 e. The van der Waals surface area contributed by atoms with Gasteiger partial charge in [0.1, 0.15) is 0 Å². The van der Waals surface area contributed by atoms with Crippen molar-refractivity contribution in [1.82, 2.24) is 4.90 Å². The second-order valence-corrected chi connectivity index (χ2v) is 15.7. The third-order valence-corrected chi connectivity index (χ3v) is 7.11. The Morgan fingerprint density at radius 2 is 1.19 bits per heavy atom. The van der Waals surface area contributed by atoms with Crippen LogP contribution >= 0.6 is 0 Å². The molecular weight excluding hydrogens is 414 g/mol. The van der Waals surface area contributed by atoms with Crippen molar-refractivity contribution < 1.29 is 14.3 Å². The van der Waals surface area contributed by atoms with Gasteiger partial charge in [-0.1, -0.05) is 88.9 Å². The van der Waals surface area contributed by atoms with Crippen LogP contribution in [0.3, 0.4) is 0 Å². The van der Waals surface area contributed by atoms with Crippen molar-refractivity contribution in [1.29, 1.82) is 0 Å². The molecule has 0 saturated carbocycles. The van der Waals surface area contributed by atoms with Crippen LogP contribution in [0, 0.1) is 0 Å². The van der Waals surface area contributed by atoms with Gasteiger partial charge in [-0.15, -0.1) is 0 Å². The van der Waals surface area contributed by atoms with E-state index in [0.717, 1.165) is 36.5 Å². The first-order chi connectivity index (χ1) is 15.4. The summed E-state index contributed by atoms with van der Waals surface area (Å²) in [5, 5.41) is 2.02. The molecule has 32 heavy (non-hydrogen) atoms. The molecule has 0 spiro atoms. The highest BCUT2D eigenvalue weighted by Crippen LogP contribution is 2.28. The van der Waals surface area contributed by atoms with Crippen LogP contribution in [0.5, 0.6) is 0 Å². The molecule has 5 heteroatoms. The van der Waals surface area contributed by atoms with Crippen LogP contribution in [0.2, 0.25) is 19.6 Å². The van der Waals surface area contributed by atoms with E-state index < -0.39 is 8.07 Å². The summed E-state index contributed by atoms with van der Waals surface area (Å²) in [6.45, 7) is 8.47. The van der Waals surface area contributed by atoms with Crippen LogP contribution < -0.4 is 0 Å². The monoisotopic (exact) mass is 453 g/mol. The van der Waals surface area contributed by atoms with Gasteiger partial charge in [-0.2, -0.15) is 0 Å². The summed E-state index contributed by atoms with van der Waals surface area (Å²) in [7, 11) is -1.06. The van der Waals surface area contributed by atoms with Crippen molar-refractivity contribution in [3.63, 3.8) is 0 Å². The number of carbonyl (C=O) groups is 2. The van der Waals surface area contributed by atoms with Crippen molar-refractivity contribution in [2.75, 3.05) is 19.4 Å². The molecule has 1 aliphatic heterocycles. The summed E-state index contributed by atoms with van der Waals surface area (Å²) >= 11 is 0. The highest BCUT2D eigenvalue weighted by molar-refractivity contribution is 6.76. The quantitative estimate of drug-likeness (QED) is 0.179. The van der Waals surface area contributed by atoms with Crippen LogP contribution in [0.4, 0.5) is 0 Å². The second-order valence-electron chi connectivity index (χ2n) is 10.3. The molecule has 2 aromatic carbocycles. The molecular formula is C27H39NO3Si. The Bertz CT molecular complexity index is 864. The van der Waals surface area contributed by atoms with Crippen molar-refractivity contribution in [2.24, 2.45) is 0 Å². The zero-order valence-electron chi connectivity index (χ0n) is 20.1. The topological polar surface area (TPSA) is 46.6 Å². The van der Waals surface area contributed by atoms with Gasteiger partial charge in [-0.3, -0.25) is 14.5 Å². The van der Waals surface area contributed by atoms with Gasteiger partial charge < -0.3 is 4.74 Å². The van der Waals surface area contributed by atoms with Gasteiger partial charge in [0, 0.05) is 19.4 Å². The minimum atomic E-state index is -1.06. The molecule has 0 aliphatic carbocycles. The van der Waals surface area contributed by atoms with E-state index in [1.54, 1.807) is 0 Å². The first-order valence-corrected chi connectivity index (χ1v) is 16.0. The third-order valence-electron chi connectivity index (χ3n) is 6.04. The highest BCUT2D eigenvalue weighted by Gasteiger charge is 2.35. The van der Waals surface area contributed by atoms with Gasteiger partial charge in [0.15, 0.2) is 0 Å². The van der Waals surface area contributed by atoms with E-state index in [2.05, 4.69) is 19.6 Å². The SMILES string of the molecule is C[Si](C)(C)COCCCCCCCCCCCN1C(=O)c2cc3ccccc3cc2C1=O. The first kappa shape index (κ1) is 24.7. The summed E-state index contributed by atoms with van der Waals surface area (Å²) in [6.07, 6.45) is 11.6. The van der Waals surface area contributed by atoms with Crippen LogP contribution in [-0.4, -0.2) is 44.2 Å². The van der Waals surface area contributed by atoms with E-state index in [4.69, 9.17) is 4.74 Å². The van der Waals surface area contributed by atoms with E-state index in [1.807, 2.05) is 36.4 Å². The van der Waals surface area contributed by atoms with Crippen molar-refractivity contribution in [2.45, 2.75) is 77.4 Å². The Morgan fingerprint density at radius 3 is 1.69 bits per heavy atom. The molecule has 2 amide bonds. The number of rotatable bonds is 14. The molecule has 4 nitrogen and oxygen atoms in total. The molecule has 3 rings (SSSR count). The zero-order chi connectivity index (χ0) is 23.0. The molecule has 1 heterocycles. The van der Waals surface area contributed by atoms with E-state index in [1.165, 1.54) is 49.8 Å². The number of fused-ring (bicyclic) bond motifs is 2. The van der Waals surface area contributed by atoms with E-state index in [-0.39, 0.29) is 11.8 Å². The average molecular weight is 454 g/mol. The largest absolute Gasteiger partial charge is 0.385 e. The van der Waals surface area contributed by atoms with Crippen LogP contribution in [0.15, 0.2) is 36.4 Å². The molecule has 0 saturated heterocycles. The number of hydrogen-bond donors (Lipinski definition) is 0. The zero-order valence-corrected chi connectivity index (χ0v) is 21.1. The number of unbranched alkanes of at least 4 members (excludes halogenated alkanes) is 8. The molecule has 2 aromatic rings. The summed E-state index contributed by atoms with van der Waals surface area (Å²) in [4.78, 5) is 26.9. The van der Waals surface area contributed by atoms with Crippen LogP contribution in [0.25, 0.3) is 10.8 Å². The molecule has 1 aliphatic rings. The van der Waals surface area contributed by atoms with Crippen LogP contribution in [0.1, 0.15) is 78.5 Å². The summed E-state index contributed by atoms with van der Waals surface area (Å²) < 4.78 is 5.78. The van der Waals surface area contributed by atoms with Crippen molar-refractivity contribution >= 4 is 30.7 Å². The van der Waals surface area contributed by atoms with E-state index in [0.29, 0.717) is 17.7 Å². The fourth-order valence-corrected chi connectivity index (χ4v) is 5.03. The first-order valence-electron chi connectivity index (χ1n) is 12.3. The normalized spacial score (nSPS) is 13.9. The fourth-order valence-electron chi connectivity index (χ4n) is 4.27. The number of carbonyl (C=O) groups excluding carboxylic acids is 2. The summed E-state index contributed by atoms with van der Waals surface area (Å²) in [5.74, 6) is -0.269. The van der Waals surface area contributed by atoms with Crippen LogP contribution in [-0.2, 0) is 4.74 Å². The lowest BCUT2D eigenvalue weighted by molar-refractivity contribution is 0.0651. The molecule has 0 aromatic heterocycles. The van der Waals surface area contributed by atoms with E-state index in [9.17, 15) is 9.59 Å². The number of ether oxygens (including phenoxy) is 1. The minimum Gasteiger partial charge on any atom is -0.385 e. The predicted molar refractivity (Wildman–Crippen MR) is 135 cm³/mol. The number of amides is 2. The average Bonchev–Trinajstić information content (AvgIpc) is 2.98. The summed E-state index contributed by atoms with van der Waals surface area (Å²) in [5.41, 5.74) is 1.11. The molecule has 0 radical (unpaired) electrons. The van der Waals surface area contributed by atoms with Gasteiger partial charge in [0.2, 0.25) is 0 Å². The minimum absolute atomic E-state index is 0.135. The maximum Gasteiger partial charge on any atom is 0.261 e. The highest BCUT2D eigenvalue weighted by atomic mass is 28.3. The molecule has 0 fully saturated rings. The number of hydrogen-bond acceptors (Lipinski definition) is 3. The molecule has 0 bridgehead atoms. The number of imide groups is 1. The Hall–Kier alpha value is -1.98. The third kappa shape index (κ3) is 7.01. The van der Waals surface area contributed by atoms with E-state index >= 15 is 0 Å². The van der Waals surface area contributed by atoms with Gasteiger partial charge in [-0.05, 0) is 35.7 Å². The lowest BCUT2D eigenvalue weighted by Gasteiger charge is -2.15. The summed E-state index contributed by atoms with van der Waals surface area (Å²) in [6, 6.07) is 11.6. The van der Waals surface area contributed by atoms with Crippen molar-refractivity contribution in [3.8, 4) is 0 Å². The Balaban J connectivity index is 1.25. The molecule has 0 atom stereocenters. The van der Waals surface area contributed by atoms with Crippen molar-refractivity contribution in [3.05, 3.63) is 47.5 Å². The Morgan fingerprint density at radius 1 is 0.719 bits per heavy atom. The van der Waals surface area contributed by atoms with Gasteiger partial charge in [0.05, 0.1) is 19.2 Å². The number of benzene rings is 2. The van der Waals surface area contributed by atoms with Gasteiger partial charge in [0.25, 0.3) is 11.8 Å². The predicted octanol–water partition coefficient (Wildman–Crippen LogP) is 6.84. The number of nitrogens with zero attached hydrogens (tertiary/aromatic N) is 1. The lowest BCUT2D eigenvalue weighted by Crippen LogP contribution is -2.30. The maximum absolute atomic E-state index is 12.7. The fraction of sp³-hybridized carbons (Fsp3) is 0.556. The Kier molecular flexibility index (Phi) is 9.06. The molecule has 0 N–H and O–H groups in total. The second kappa shape index (κ2) is 11.8. The standard InChI is InChI=1S/C27H39NO3Si/c1-32(2,3)21-31-18-14-10-8-6-4-5-7-9-13-17-28-26(29)24-19-22-15-11-12-16-23(22)20-25(24)27(28)30/h11-12,15-16,19-20H,4-10,13-14,17-18,21H2,1-3H3. The maximum atomic E-state index is 12.7.